The Hall–Kier alpha value is -3.24. The van der Waals surface area contributed by atoms with E-state index in [0.717, 1.165) is 8.78 Å². The first-order valence-electron chi connectivity index (χ1n) is 8.65. The highest BCUT2D eigenvalue weighted by Gasteiger charge is 2.27. The standard InChI is InChI=1S/C20H16BrN3O5S/c21-15-6-8-16(9-7-15)22-20(25)14-23(17-10-12-18(13-11-17)24(26)27)30(28,29)19-4-2-1-3-5-19/h1-13H,14H2,(H,22,25). The molecule has 3 rings (SSSR count). The quantitative estimate of drug-likeness (QED) is 0.395. The normalized spacial score (nSPS) is 11.0. The van der Waals surface area contributed by atoms with E-state index in [0.29, 0.717) is 5.69 Å². The number of nitrogens with one attached hydrogen (secondary N) is 1. The minimum atomic E-state index is -4.09. The van der Waals surface area contributed by atoms with Crippen molar-refractivity contribution in [3.05, 3.63) is 93.4 Å². The number of halogens is 1. The van der Waals surface area contributed by atoms with Gasteiger partial charge in [-0.2, -0.15) is 0 Å². The summed E-state index contributed by atoms with van der Waals surface area (Å²) in [5.41, 5.74) is 0.453. The number of anilines is 2. The molecule has 0 unspecified atom stereocenters. The van der Waals surface area contributed by atoms with Gasteiger partial charge < -0.3 is 5.32 Å². The number of rotatable bonds is 7. The lowest BCUT2D eigenvalue weighted by Gasteiger charge is -2.24. The smallest absolute Gasteiger partial charge is 0.269 e. The summed E-state index contributed by atoms with van der Waals surface area (Å²) in [5, 5.41) is 13.6. The van der Waals surface area contributed by atoms with Gasteiger partial charge in [-0.15, -0.1) is 0 Å². The molecule has 0 aliphatic carbocycles. The van der Waals surface area contributed by atoms with E-state index < -0.39 is 27.4 Å². The fourth-order valence-corrected chi connectivity index (χ4v) is 4.35. The van der Waals surface area contributed by atoms with E-state index in [1.54, 1.807) is 42.5 Å². The van der Waals surface area contributed by atoms with Gasteiger partial charge in [0.25, 0.3) is 15.7 Å². The van der Waals surface area contributed by atoms with Crippen molar-refractivity contribution in [1.82, 2.24) is 0 Å². The fourth-order valence-electron chi connectivity index (χ4n) is 2.64. The molecule has 0 bridgehead atoms. The maximum Gasteiger partial charge on any atom is 0.269 e. The Morgan fingerprint density at radius 3 is 2.13 bits per heavy atom. The molecule has 8 nitrogen and oxygen atoms in total. The monoisotopic (exact) mass is 489 g/mol. The van der Waals surface area contributed by atoms with Crippen LogP contribution in [0.2, 0.25) is 0 Å². The number of amides is 1. The van der Waals surface area contributed by atoms with Crippen LogP contribution in [0.5, 0.6) is 0 Å². The van der Waals surface area contributed by atoms with E-state index in [-0.39, 0.29) is 16.3 Å². The fraction of sp³-hybridized carbons (Fsp3) is 0.0500. The average molecular weight is 490 g/mol. The van der Waals surface area contributed by atoms with Gasteiger partial charge in [0.05, 0.1) is 15.5 Å². The first-order valence-corrected chi connectivity index (χ1v) is 10.9. The van der Waals surface area contributed by atoms with Crippen LogP contribution < -0.4 is 9.62 Å². The molecule has 0 heterocycles. The number of nitro benzene ring substituents is 1. The highest BCUT2D eigenvalue weighted by Crippen LogP contribution is 2.26. The Balaban J connectivity index is 1.93. The van der Waals surface area contributed by atoms with Gasteiger partial charge in [-0.25, -0.2) is 8.42 Å². The zero-order valence-corrected chi connectivity index (χ0v) is 17.8. The molecule has 0 atom stereocenters. The molecular formula is C20H16BrN3O5S. The Morgan fingerprint density at radius 1 is 0.967 bits per heavy atom. The van der Waals surface area contributed by atoms with Crippen LogP contribution in [-0.2, 0) is 14.8 Å². The lowest BCUT2D eigenvalue weighted by Crippen LogP contribution is -2.38. The van der Waals surface area contributed by atoms with E-state index in [1.807, 2.05) is 0 Å². The molecule has 1 N–H and O–H groups in total. The van der Waals surface area contributed by atoms with Gasteiger partial charge in [-0.05, 0) is 48.5 Å². The number of nitro groups is 1. The molecule has 10 heteroatoms. The number of nitrogens with zero attached hydrogens (tertiary/aromatic N) is 2. The molecule has 0 aliphatic heterocycles. The highest BCUT2D eigenvalue weighted by atomic mass is 79.9. The number of hydrogen-bond acceptors (Lipinski definition) is 5. The number of hydrogen-bond donors (Lipinski definition) is 1. The Bertz CT molecular complexity index is 1150. The minimum absolute atomic E-state index is 0.000190. The van der Waals surface area contributed by atoms with Crippen molar-refractivity contribution in [2.24, 2.45) is 0 Å². The summed E-state index contributed by atoms with van der Waals surface area (Å²) in [6.07, 6.45) is 0. The molecule has 0 fully saturated rings. The van der Waals surface area contributed by atoms with E-state index >= 15 is 0 Å². The molecule has 30 heavy (non-hydrogen) atoms. The summed E-state index contributed by atoms with van der Waals surface area (Å²) in [6, 6.07) is 19.5. The molecule has 0 saturated heterocycles. The van der Waals surface area contributed by atoms with Crippen molar-refractivity contribution >= 4 is 48.9 Å². The maximum atomic E-state index is 13.2. The van der Waals surface area contributed by atoms with Crippen LogP contribution in [0.1, 0.15) is 0 Å². The van der Waals surface area contributed by atoms with Crippen molar-refractivity contribution < 1.29 is 18.1 Å². The van der Waals surface area contributed by atoms with Crippen molar-refractivity contribution in [2.75, 3.05) is 16.2 Å². The van der Waals surface area contributed by atoms with E-state index in [4.69, 9.17) is 0 Å². The Kier molecular flexibility index (Phi) is 6.48. The number of benzene rings is 3. The lowest BCUT2D eigenvalue weighted by atomic mass is 10.3. The maximum absolute atomic E-state index is 13.2. The second-order valence-corrected chi connectivity index (χ2v) is 8.93. The first kappa shape index (κ1) is 21.5. The molecule has 3 aromatic carbocycles. The number of carbonyl (C=O) groups is 1. The van der Waals surface area contributed by atoms with Gasteiger partial charge in [0.15, 0.2) is 0 Å². The van der Waals surface area contributed by atoms with Crippen LogP contribution in [0, 0.1) is 10.1 Å². The third kappa shape index (κ3) is 5.02. The van der Waals surface area contributed by atoms with Crippen LogP contribution >= 0.6 is 15.9 Å². The largest absolute Gasteiger partial charge is 0.325 e. The zero-order valence-electron chi connectivity index (χ0n) is 15.4. The predicted octanol–water partition coefficient (Wildman–Crippen LogP) is 4.19. The second-order valence-electron chi connectivity index (χ2n) is 6.15. The van der Waals surface area contributed by atoms with E-state index in [1.165, 1.54) is 36.4 Å². The van der Waals surface area contributed by atoms with Crippen LogP contribution in [-0.4, -0.2) is 25.8 Å². The third-order valence-corrected chi connectivity index (χ3v) is 6.41. The summed E-state index contributed by atoms with van der Waals surface area (Å²) in [7, 11) is -4.09. The van der Waals surface area contributed by atoms with Crippen molar-refractivity contribution in [1.29, 1.82) is 0 Å². The molecule has 0 aromatic heterocycles. The van der Waals surface area contributed by atoms with E-state index in [9.17, 15) is 23.3 Å². The first-order chi connectivity index (χ1) is 14.3. The molecule has 0 radical (unpaired) electrons. The number of non-ortho nitro benzene ring substituents is 1. The molecule has 0 aliphatic rings. The summed E-state index contributed by atoms with van der Waals surface area (Å²) in [6.45, 7) is -0.509. The zero-order chi connectivity index (χ0) is 21.7. The molecule has 3 aromatic rings. The Labute approximate surface area is 181 Å². The summed E-state index contributed by atoms with van der Waals surface area (Å²) < 4.78 is 28.1. The van der Waals surface area contributed by atoms with Crippen LogP contribution in [0.3, 0.4) is 0 Å². The second kappa shape index (κ2) is 9.06. The third-order valence-electron chi connectivity index (χ3n) is 4.09. The van der Waals surface area contributed by atoms with Crippen molar-refractivity contribution in [2.45, 2.75) is 4.90 Å². The van der Waals surface area contributed by atoms with Crippen LogP contribution in [0.25, 0.3) is 0 Å². The van der Waals surface area contributed by atoms with Gasteiger partial charge in [-0.1, -0.05) is 34.1 Å². The summed E-state index contributed by atoms with van der Waals surface area (Å²) in [5.74, 6) is -0.560. The van der Waals surface area contributed by atoms with Gasteiger partial charge >= 0.3 is 0 Å². The number of sulfonamides is 1. The van der Waals surface area contributed by atoms with Gasteiger partial charge in [-0.3, -0.25) is 19.2 Å². The SMILES string of the molecule is O=C(CN(c1ccc([N+](=O)[O-])cc1)S(=O)(=O)c1ccccc1)Nc1ccc(Br)cc1. The van der Waals surface area contributed by atoms with Gasteiger partial charge in [0.2, 0.25) is 5.91 Å². The van der Waals surface area contributed by atoms with Crippen LogP contribution in [0.4, 0.5) is 17.1 Å². The van der Waals surface area contributed by atoms with E-state index in [2.05, 4.69) is 21.2 Å². The number of carbonyl (C=O) groups excluding carboxylic acids is 1. The minimum Gasteiger partial charge on any atom is -0.325 e. The molecule has 1 amide bonds. The average Bonchev–Trinajstić information content (AvgIpc) is 2.74. The molecule has 0 saturated carbocycles. The van der Waals surface area contributed by atoms with Crippen molar-refractivity contribution in [3.63, 3.8) is 0 Å². The van der Waals surface area contributed by atoms with Crippen molar-refractivity contribution in [3.8, 4) is 0 Å². The molecular weight excluding hydrogens is 474 g/mol. The lowest BCUT2D eigenvalue weighted by molar-refractivity contribution is -0.384. The topological polar surface area (TPSA) is 110 Å². The Morgan fingerprint density at radius 2 is 1.57 bits per heavy atom. The molecule has 0 spiro atoms. The van der Waals surface area contributed by atoms with Crippen LogP contribution in [0.15, 0.2) is 88.2 Å². The van der Waals surface area contributed by atoms with Gasteiger partial charge in [0, 0.05) is 22.3 Å². The predicted molar refractivity (Wildman–Crippen MR) is 117 cm³/mol. The van der Waals surface area contributed by atoms with Gasteiger partial charge in [0.1, 0.15) is 6.54 Å². The highest BCUT2D eigenvalue weighted by molar-refractivity contribution is 9.10. The summed E-state index contributed by atoms with van der Waals surface area (Å²) >= 11 is 3.30. The summed E-state index contributed by atoms with van der Waals surface area (Å²) in [4.78, 5) is 22.9. The molecule has 154 valence electrons.